The molecule has 1 amide bonds. The van der Waals surface area contributed by atoms with Crippen LogP contribution in [-0.2, 0) is 14.9 Å². The van der Waals surface area contributed by atoms with Gasteiger partial charge in [-0.25, -0.2) is 13.9 Å². The summed E-state index contributed by atoms with van der Waals surface area (Å²) >= 11 is 0. The number of ether oxygens (including phenoxy) is 1. The lowest BCUT2D eigenvalue weighted by atomic mass is 10.3. The van der Waals surface area contributed by atoms with Gasteiger partial charge in [-0.3, -0.25) is 4.72 Å². The second-order valence-electron chi connectivity index (χ2n) is 2.94. The summed E-state index contributed by atoms with van der Waals surface area (Å²) in [7, 11) is -3.15. The van der Waals surface area contributed by atoms with Gasteiger partial charge in [0.15, 0.2) is 0 Å². The molecule has 0 aliphatic carbocycles. The van der Waals surface area contributed by atoms with Gasteiger partial charge in [-0.2, -0.15) is 8.42 Å². The minimum atomic E-state index is -4.16. The van der Waals surface area contributed by atoms with Crippen molar-refractivity contribution in [2.24, 2.45) is 0 Å². The van der Waals surface area contributed by atoms with E-state index < -0.39 is 22.1 Å². The standard InChI is InChI=1S/C8H10FN3O4S/c1-16-8(13)12-17(14,15)11-5-2-3-7(10)6(9)4-5/h2-4,11H,10H2,1H3,(H,12,13). The van der Waals surface area contributed by atoms with E-state index in [1.807, 2.05) is 4.72 Å². The molecular formula is C8H10FN3O4S. The van der Waals surface area contributed by atoms with Crippen LogP contribution in [-0.4, -0.2) is 21.6 Å². The molecule has 0 heterocycles. The molecule has 1 aromatic carbocycles. The van der Waals surface area contributed by atoms with E-state index in [2.05, 4.69) is 4.74 Å². The maximum atomic E-state index is 13.0. The summed E-state index contributed by atoms with van der Waals surface area (Å²) in [4.78, 5) is 10.7. The third-order valence-corrected chi connectivity index (χ3v) is 2.60. The second-order valence-corrected chi connectivity index (χ2v) is 4.35. The van der Waals surface area contributed by atoms with Crippen molar-refractivity contribution in [3.8, 4) is 0 Å². The summed E-state index contributed by atoms with van der Waals surface area (Å²) in [6.45, 7) is 0. The molecule has 0 bridgehead atoms. The Kier molecular flexibility index (Phi) is 3.73. The van der Waals surface area contributed by atoms with Crippen molar-refractivity contribution in [1.29, 1.82) is 0 Å². The van der Waals surface area contributed by atoms with Gasteiger partial charge in [0.25, 0.3) is 0 Å². The Morgan fingerprint density at radius 1 is 1.47 bits per heavy atom. The Hall–Kier alpha value is -2.03. The van der Waals surface area contributed by atoms with E-state index in [0.717, 1.165) is 13.2 Å². The highest BCUT2D eigenvalue weighted by atomic mass is 32.2. The first kappa shape index (κ1) is 13.0. The molecule has 7 nitrogen and oxygen atoms in total. The van der Waals surface area contributed by atoms with Gasteiger partial charge in [0.1, 0.15) is 5.82 Å². The molecule has 1 rings (SSSR count). The van der Waals surface area contributed by atoms with Gasteiger partial charge in [0, 0.05) is 6.07 Å². The van der Waals surface area contributed by atoms with E-state index >= 15 is 0 Å². The summed E-state index contributed by atoms with van der Waals surface area (Å²) in [6, 6.07) is 3.31. The van der Waals surface area contributed by atoms with Crippen molar-refractivity contribution in [1.82, 2.24) is 4.72 Å². The number of rotatable bonds is 3. The van der Waals surface area contributed by atoms with E-state index in [9.17, 15) is 17.6 Å². The second kappa shape index (κ2) is 4.87. The highest BCUT2D eigenvalue weighted by molar-refractivity contribution is 7.91. The molecular weight excluding hydrogens is 253 g/mol. The molecule has 0 saturated carbocycles. The zero-order valence-electron chi connectivity index (χ0n) is 8.73. The normalized spacial score (nSPS) is 10.7. The van der Waals surface area contributed by atoms with Crippen LogP contribution in [0.25, 0.3) is 0 Å². The smallest absolute Gasteiger partial charge is 0.422 e. The number of nitrogen functional groups attached to an aromatic ring is 1. The van der Waals surface area contributed by atoms with Crippen LogP contribution in [0, 0.1) is 5.82 Å². The van der Waals surface area contributed by atoms with Gasteiger partial charge >= 0.3 is 16.3 Å². The van der Waals surface area contributed by atoms with Crippen LogP contribution < -0.4 is 15.2 Å². The average molecular weight is 263 g/mol. The first-order chi connectivity index (χ1) is 7.84. The van der Waals surface area contributed by atoms with Crippen LogP contribution in [0.2, 0.25) is 0 Å². The molecule has 4 N–H and O–H groups in total. The van der Waals surface area contributed by atoms with Gasteiger partial charge < -0.3 is 10.5 Å². The van der Waals surface area contributed by atoms with Crippen molar-refractivity contribution in [2.75, 3.05) is 17.6 Å². The summed E-state index contributed by atoms with van der Waals surface area (Å²) < 4.78 is 43.1. The molecule has 0 radical (unpaired) electrons. The number of amides is 1. The Morgan fingerprint density at radius 3 is 2.65 bits per heavy atom. The molecule has 0 aliphatic rings. The van der Waals surface area contributed by atoms with Crippen LogP contribution in [0.4, 0.5) is 20.6 Å². The first-order valence-electron chi connectivity index (χ1n) is 4.27. The van der Waals surface area contributed by atoms with Gasteiger partial charge in [0.05, 0.1) is 18.5 Å². The van der Waals surface area contributed by atoms with Crippen molar-refractivity contribution in [2.45, 2.75) is 0 Å². The number of carbonyl (C=O) groups excluding carboxylic acids is 1. The summed E-state index contributed by atoms with van der Waals surface area (Å²) in [6.07, 6.45) is -1.16. The fourth-order valence-electron chi connectivity index (χ4n) is 0.923. The summed E-state index contributed by atoms with van der Waals surface area (Å²) in [5.41, 5.74) is 5.02. The van der Waals surface area contributed by atoms with Gasteiger partial charge in [-0.15, -0.1) is 0 Å². The third-order valence-electron chi connectivity index (χ3n) is 1.66. The summed E-state index contributed by atoms with van der Waals surface area (Å²) in [5, 5.41) is 0. The Labute approximate surface area is 96.9 Å². The molecule has 1 aromatic rings. The number of halogens is 1. The van der Waals surface area contributed by atoms with E-state index in [-0.39, 0.29) is 11.4 Å². The number of anilines is 2. The topological polar surface area (TPSA) is 111 Å². The fraction of sp³-hybridized carbons (Fsp3) is 0.125. The number of nitrogens with one attached hydrogen (secondary N) is 2. The molecule has 0 saturated heterocycles. The zero-order chi connectivity index (χ0) is 13.1. The van der Waals surface area contributed by atoms with Crippen LogP contribution in [0.5, 0.6) is 0 Å². The monoisotopic (exact) mass is 263 g/mol. The van der Waals surface area contributed by atoms with Crippen LogP contribution in [0.15, 0.2) is 18.2 Å². The SMILES string of the molecule is COC(=O)NS(=O)(=O)Nc1ccc(N)c(F)c1. The van der Waals surface area contributed by atoms with Gasteiger partial charge in [0.2, 0.25) is 0 Å². The minimum Gasteiger partial charge on any atom is -0.452 e. The van der Waals surface area contributed by atoms with Crippen LogP contribution in [0.3, 0.4) is 0 Å². The Balaban J connectivity index is 2.83. The fourth-order valence-corrected chi connectivity index (χ4v) is 1.71. The lowest BCUT2D eigenvalue weighted by molar-refractivity contribution is 0.177. The van der Waals surface area contributed by atoms with E-state index in [1.165, 1.54) is 16.9 Å². The Bertz CT molecular complexity index is 532. The molecule has 0 aromatic heterocycles. The van der Waals surface area contributed by atoms with Crippen molar-refractivity contribution >= 4 is 27.7 Å². The number of hydrogen-bond acceptors (Lipinski definition) is 5. The first-order valence-corrected chi connectivity index (χ1v) is 5.76. The number of benzene rings is 1. The molecule has 17 heavy (non-hydrogen) atoms. The van der Waals surface area contributed by atoms with Crippen LogP contribution in [0.1, 0.15) is 0 Å². The molecule has 0 atom stereocenters. The van der Waals surface area contributed by atoms with Crippen molar-refractivity contribution in [3.63, 3.8) is 0 Å². The van der Waals surface area contributed by atoms with Gasteiger partial charge in [-0.05, 0) is 12.1 Å². The molecule has 94 valence electrons. The predicted octanol–water partition coefficient (Wildman–Crippen LogP) is 0.421. The summed E-state index contributed by atoms with van der Waals surface area (Å²) in [5.74, 6) is -0.775. The zero-order valence-corrected chi connectivity index (χ0v) is 9.55. The molecule has 0 unspecified atom stereocenters. The maximum Gasteiger partial charge on any atom is 0.422 e. The largest absolute Gasteiger partial charge is 0.452 e. The lowest BCUT2D eigenvalue weighted by Gasteiger charge is -2.08. The van der Waals surface area contributed by atoms with E-state index in [0.29, 0.717) is 0 Å². The van der Waals surface area contributed by atoms with E-state index in [1.54, 1.807) is 0 Å². The molecule has 0 fully saturated rings. The number of carbonyl (C=O) groups is 1. The number of methoxy groups -OCH3 is 1. The number of hydrogen-bond donors (Lipinski definition) is 3. The third kappa shape index (κ3) is 3.79. The Morgan fingerprint density at radius 2 is 2.12 bits per heavy atom. The maximum absolute atomic E-state index is 13.0. The number of nitrogens with two attached hydrogens (primary N) is 1. The average Bonchev–Trinajstić information content (AvgIpc) is 2.22. The van der Waals surface area contributed by atoms with Crippen molar-refractivity contribution < 1.29 is 22.3 Å². The van der Waals surface area contributed by atoms with E-state index in [4.69, 9.17) is 5.73 Å². The highest BCUT2D eigenvalue weighted by Gasteiger charge is 2.14. The molecule has 9 heteroatoms. The lowest BCUT2D eigenvalue weighted by Crippen LogP contribution is -2.35. The van der Waals surface area contributed by atoms with Gasteiger partial charge in [-0.1, -0.05) is 0 Å². The highest BCUT2D eigenvalue weighted by Crippen LogP contribution is 2.16. The quantitative estimate of drug-likeness (QED) is 0.684. The molecule has 0 spiro atoms. The molecule has 0 aliphatic heterocycles. The van der Waals surface area contributed by atoms with Crippen molar-refractivity contribution in [3.05, 3.63) is 24.0 Å². The van der Waals surface area contributed by atoms with Crippen LogP contribution >= 0.6 is 0 Å². The minimum absolute atomic E-state index is 0.0758. The predicted molar refractivity (Wildman–Crippen MR) is 58.9 cm³/mol.